The van der Waals surface area contributed by atoms with Crippen LogP contribution in [0.1, 0.15) is 22.8 Å². The predicted octanol–water partition coefficient (Wildman–Crippen LogP) is 2.46. The van der Waals surface area contributed by atoms with E-state index in [1.807, 2.05) is 12.1 Å². The average molecular weight is 401 g/mol. The van der Waals surface area contributed by atoms with E-state index in [9.17, 15) is 9.59 Å². The van der Waals surface area contributed by atoms with E-state index in [0.717, 1.165) is 5.56 Å². The van der Waals surface area contributed by atoms with E-state index < -0.39 is 0 Å². The van der Waals surface area contributed by atoms with Gasteiger partial charge in [-0.2, -0.15) is 0 Å². The first kappa shape index (κ1) is 18.7. The highest BCUT2D eigenvalue weighted by atomic mass is 35.5. The highest BCUT2D eigenvalue weighted by Crippen LogP contribution is 2.30. The molecule has 2 aliphatic heterocycles. The number of rotatable bonds is 5. The lowest BCUT2D eigenvalue weighted by Gasteiger charge is -2.38. The van der Waals surface area contributed by atoms with Gasteiger partial charge in [0.05, 0.1) is 37.6 Å². The third kappa shape index (κ3) is 3.81. The van der Waals surface area contributed by atoms with Crippen molar-refractivity contribution in [2.45, 2.75) is 13.5 Å². The van der Waals surface area contributed by atoms with Crippen molar-refractivity contribution in [1.29, 1.82) is 0 Å². The number of ether oxygens (including phenoxy) is 1. The summed E-state index contributed by atoms with van der Waals surface area (Å²) < 4.78 is 5.22. The summed E-state index contributed by atoms with van der Waals surface area (Å²) in [6.45, 7) is 4.43. The van der Waals surface area contributed by atoms with E-state index in [1.165, 1.54) is 6.20 Å². The minimum Gasteiger partial charge on any atom is -0.380 e. The zero-order valence-electron chi connectivity index (χ0n) is 15.5. The molecule has 1 aromatic heterocycles. The summed E-state index contributed by atoms with van der Waals surface area (Å²) in [6.07, 6.45) is 1.52. The van der Waals surface area contributed by atoms with Gasteiger partial charge in [-0.05, 0) is 23.8 Å². The van der Waals surface area contributed by atoms with Crippen molar-refractivity contribution < 1.29 is 14.3 Å². The summed E-state index contributed by atoms with van der Waals surface area (Å²) in [7, 11) is 0. The van der Waals surface area contributed by atoms with Gasteiger partial charge in [0.25, 0.3) is 5.91 Å². The van der Waals surface area contributed by atoms with Crippen LogP contribution < -0.4 is 15.5 Å². The second-order valence-electron chi connectivity index (χ2n) is 7.54. The molecule has 2 aliphatic rings. The molecule has 4 rings (SSSR count). The second-order valence-corrected chi connectivity index (χ2v) is 7.97. The number of benzene rings is 1. The number of carbonyl (C=O) groups excluding carboxylic acids is 2. The van der Waals surface area contributed by atoms with Crippen LogP contribution in [0.4, 0.5) is 11.5 Å². The lowest BCUT2D eigenvalue weighted by molar-refractivity contribution is -0.117. The van der Waals surface area contributed by atoms with Gasteiger partial charge in [0.2, 0.25) is 5.91 Å². The van der Waals surface area contributed by atoms with Crippen LogP contribution >= 0.6 is 11.6 Å². The van der Waals surface area contributed by atoms with Gasteiger partial charge in [-0.3, -0.25) is 9.59 Å². The number of halogens is 1. The summed E-state index contributed by atoms with van der Waals surface area (Å²) in [4.78, 5) is 31.1. The maximum Gasteiger partial charge on any atom is 0.252 e. The minimum atomic E-state index is -0.215. The van der Waals surface area contributed by atoms with Crippen LogP contribution in [0.15, 0.2) is 36.5 Å². The first-order chi connectivity index (χ1) is 13.4. The summed E-state index contributed by atoms with van der Waals surface area (Å²) in [5, 5.41) is 6.58. The number of hydrogen-bond donors (Lipinski definition) is 2. The Kier molecular flexibility index (Phi) is 4.95. The molecule has 8 heteroatoms. The molecule has 1 fully saturated rings. The zero-order valence-corrected chi connectivity index (χ0v) is 16.3. The van der Waals surface area contributed by atoms with Gasteiger partial charge < -0.3 is 20.3 Å². The Hall–Kier alpha value is -2.64. The van der Waals surface area contributed by atoms with Crippen LogP contribution in [-0.2, 0) is 16.1 Å². The van der Waals surface area contributed by atoms with Gasteiger partial charge in [-0.15, -0.1) is 0 Å². The van der Waals surface area contributed by atoms with Gasteiger partial charge in [0.1, 0.15) is 0 Å². The van der Waals surface area contributed by atoms with E-state index in [1.54, 1.807) is 23.1 Å². The molecule has 0 aliphatic carbocycles. The summed E-state index contributed by atoms with van der Waals surface area (Å²) in [6, 6.07) is 9.04. The largest absolute Gasteiger partial charge is 0.380 e. The predicted molar refractivity (Wildman–Crippen MR) is 107 cm³/mol. The molecule has 7 nitrogen and oxygen atoms in total. The third-order valence-corrected chi connectivity index (χ3v) is 5.21. The number of anilines is 2. The van der Waals surface area contributed by atoms with Crippen LogP contribution in [0.25, 0.3) is 0 Å². The standard InChI is InChI=1S/C20H21ClN4O3/c1-20(11-28-12-20)10-24-19(27)14-6-16-18(22-7-14)23-8-17(26)25(16)9-13-2-4-15(21)5-3-13/h2-7H,8-12H2,1H3,(H,22,23)(H,24,27). The van der Waals surface area contributed by atoms with Crippen molar-refractivity contribution in [2.75, 3.05) is 36.5 Å². The van der Waals surface area contributed by atoms with Gasteiger partial charge in [0, 0.05) is 23.2 Å². The molecule has 0 atom stereocenters. The Morgan fingerprint density at radius 3 is 2.79 bits per heavy atom. The van der Waals surface area contributed by atoms with E-state index >= 15 is 0 Å². The summed E-state index contributed by atoms with van der Waals surface area (Å²) in [5.74, 6) is 0.290. The minimum absolute atomic E-state index is 0.0184. The molecular formula is C20H21ClN4O3. The molecule has 3 heterocycles. The molecule has 2 N–H and O–H groups in total. The van der Waals surface area contributed by atoms with E-state index in [-0.39, 0.29) is 23.8 Å². The van der Waals surface area contributed by atoms with Crippen LogP contribution in [0.2, 0.25) is 5.02 Å². The molecule has 0 radical (unpaired) electrons. The molecule has 1 aromatic carbocycles. The summed E-state index contributed by atoms with van der Waals surface area (Å²) in [5.41, 5.74) is 1.94. The van der Waals surface area contributed by atoms with Crippen molar-refractivity contribution >= 4 is 34.9 Å². The van der Waals surface area contributed by atoms with Crippen LogP contribution in [0.3, 0.4) is 0 Å². The van der Waals surface area contributed by atoms with E-state index in [4.69, 9.17) is 16.3 Å². The maximum atomic E-state index is 12.6. The molecule has 0 bridgehead atoms. The number of aromatic nitrogens is 1. The average Bonchev–Trinajstić information content (AvgIpc) is 2.68. The number of hydrogen-bond acceptors (Lipinski definition) is 5. The zero-order chi connectivity index (χ0) is 19.7. The van der Waals surface area contributed by atoms with Gasteiger partial charge >= 0.3 is 0 Å². The molecule has 0 saturated carbocycles. The summed E-state index contributed by atoms with van der Waals surface area (Å²) >= 11 is 5.94. The molecule has 28 heavy (non-hydrogen) atoms. The van der Waals surface area contributed by atoms with Crippen LogP contribution in [-0.4, -0.2) is 43.1 Å². The Morgan fingerprint density at radius 2 is 2.11 bits per heavy atom. The molecule has 2 amide bonds. The first-order valence-corrected chi connectivity index (χ1v) is 9.46. The van der Waals surface area contributed by atoms with Crippen LogP contribution in [0, 0.1) is 5.41 Å². The number of nitrogens with one attached hydrogen (secondary N) is 2. The second kappa shape index (κ2) is 7.41. The third-order valence-electron chi connectivity index (χ3n) is 4.96. The lowest BCUT2D eigenvalue weighted by atomic mass is 9.89. The topological polar surface area (TPSA) is 83.6 Å². The van der Waals surface area contributed by atoms with E-state index in [2.05, 4.69) is 22.5 Å². The molecule has 1 saturated heterocycles. The Balaban J connectivity index is 1.54. The molecule has 2 aromatic rings. The SMILES string of the molecule is CC1(CNC(=O)c2cnc3c(c2)N(Cc2ccc(Cl)cc2)C(=O)CN3)COC1. The first-order valence-electron chi connectivity index (χ1n) is 9.08. The number of carbonyl (C=O) groups is 2. The highest BCUT2D eigenvalue weighted by molar-refractivity contribution is 6.30. The van der Waals surface area contributed by atoms with Crippen LogP contribution in [0.5, 0.6) is 0 Å². The quantitative estimate of drug-likeness (QED) is 0.805. The Labute approximate surface area is 168 Å². The number of fused-ring (bicyclic) bond motifs is 1. The van der Waals surface area contributed by atoms with Crippen molar-refractivity contribution in [1.82, 2.24) is 10.3 Å². The van der Waals surface area contributed by atoms with Crippen molar-refractivity contribution in [3.63, 3.8) is 0 Å². The Bertz CT molecular complexity index is 912. The van der Waals surface area contributed by atoms with Crippen molar-refractivity contribution in [3.8, 4) is 0 Å². The molecule has 0 unspecified atom stereocenters. The van der Waals surface area contributed by atoms with Crippen molar-refractivity contribution in [3.05, 3.63) is 52.7 Å². The van der Waals surface area contributed by atoms with Gasteiger partial charge in [-0.1, -0.05) is 30.7 Å². The normalized spacial score (nSPS) is 17.4. The molecule has 0 spiro atoms. The fraction of sp³-hybridized carbons (Fsp3) is 0.350. The smallest absolute Gasteiger partial charge is 0.252 e. The highest BCUT2D eigenvalue weighted by Gasteiger charge is 2.34. The van der Waals surface area contributed by atoms with Crippen molar-refractivity contribution in [2.24, 2.45) is 5.41 Å². The number of pyridine rings is 1. The molecule has 146 valence electrons. The lowest BCUT2D eigenvalue weighted by Crippen LogP contribution is -2.48. The number of amides is 2. The fourth-order valence-corrected chi connectivity index (χ4v) is 3.33. The Morgan fingerprint density at radius 1 is 1.36 bits per heavy atom. The number of nitrogens with zero attached hydrogens (tertiary/aromatic N) is 2. The van der Waals surface area contributed by atoms with Gasteiger partial charge in [0.15, 0.2) is 5.82 Å². The molecular weight excluding hydrogens is 380 g/mol. The van der Waals surface area contributed by atoms with Gasteiger partial charge in [-0.25, -0.2) is 4.98 Å². The fourth-order valence-electron chi connectivity index (χ4n) is 3.20. The monoisotopic (exact) mass is 400 g/mol. The van der Waals surface area contributed by atoms with E-state index in [0.29, 0.717) is 48.4 Å². The maximum absolute atomic E-state index is 12.6.